The number of pyridine rings is 1. The molecule has 2 N–H and O–H groups in total. The third-order valence-corrected chi connectivity index (χ3v) is 4.25. The fourth-order valence-electron chi connectivity index (χ4n) is 2.61. The number of carbonyl (C=O) groups excluding carboxylic acids is 2. The predicted octanol–water partition coefficient (Wildman–Crippen LogP) is 3.66. The van der Waals surface area contributed by atoms with Gasteiger partial charge in [0.2, 0.25) is 0 Å². The van der Waals surface area contributed by atoms with Crippen LogP contribution >= 0.6 is 0 Å². The van der Waals surface area contributed by atoms with Gasteiger partial charge in [-0.1, -0.05) is 0 Å². The van der Waals surface area contributed by atoms with Crippen molar-refractivity contribution in [3.8, 4) is 5.75 Å². The van der Waals surface area contributed by atoms with Crippen molar-refractivity contribution in [1.29, 1.82) is 0 Å². The van der Waals surface area contributed by atoms with E-state index in [9.17, 15) is 9.59 Å². The van der Waals surface area contributed by atoms with Crippen molar-refractivity contribution < 1.29 is 14.3 Å². The molecule has 7 heteroatoms. The van der Waals surface area contributed by atoms with E-state index in [1.165, 1.54) is 18.5 Å². The summed E-state index contributed by atoms with van der Waals surface area (Å²) in [4.78, 5) is 31.0. The van der Waals surface area contributed by atoms with Crippen LogP contribution in [0, 0.1) is 0 Å². The SMILES string of the molecule is COc1ccc(NC(=O)c2cncc(C(=O)Nc3ccc(N(C)C)cc3)c2)cc1. The highest BCUT2D eigenvalue weighted by Crippen LogP contribution is 2.18. The molecule has 148 valence electrons. The molecule has 2 amide bonds. The fourth-order valence-corrected chi connectivity index (χ4v) is 2.61. The maximum atomic E-state index is 12.5. The quantitative estimate of drug-likeness (QED) is 0.671. The van der Waals surface area contributed by atoms with Gasteiger partial charge in [-0.25, -0.2) is 0 Å². The predicted molar refractivity (Wildman–Crippen MR) is 114 cm³/mol. The summed E-state index contributed by atoms with van der Waals surface area (Å²) in [5.41, 5.74) is 2.89. The summed E-state index contributed by atoms with van der Waals surface area (Å²) >= 11 is 0. The molecule has 0 aliphatic carbocycles. The third-order valence-electron chi connectivity index (χ3n) is 4.25. The zero-order chi connectivity index (χ0) is 20.8. The van der Waals surface area contributed by atoms with Crippen molar-refractivity contribution in [3.63, 3.8) is 0 Å². The first kappa shape index (κ1) is 19.9. The molecule has 7 nitrogen and oxygen atoms in total. The van der Waals surface area contributed by atoms with Gasteiger partial charge in [0.1, 0.15) is 5.75 Å². The molecule has 29 heavy (non-hydrogen) atoms. The van der Waals surface area contributed by atoms with Crippen molar-refractivity contribution in [1.82, 2.24) is 4.98 Å². The molecule has 0 saturated heterocycles. The molecule has 1 heterocycles. The average Bonchev–Trinajstić information content (AvgIpc) is 2.74. The Labute approximate surface area is 169 Å². The Balaban J connectivity index is 1.68. The number of benzene rings is 2. The van der Waals surface area contributed by atoms with E-state index in [1.807, 2.05) is 43.3 Å². The first-order valence-electron chi connectivity index (χ1n) is 8.95. The zero-order valence-electron chi connectivity index (χ0n) is 16.5. The number of hydrogen-bond acceptors (Lipinski definition) is 5. The van der Waals surface area contributed by atoms with Gasteiger partial charge in [0.15, 0.2) is 0 Å². The highest BCUT2D eigenvalue weighted by molar-refractivity contribution is 6.08. The van der Waals surface area contributed by atoms with E-state index in [4.69, 9.17) is 4.74 Å². The van der Waals surface area contributed by atoms with Crippen LogP contribution in [-0.4, -0.2) is 38.0 Å². The number of hydrogen-bond donors (Lipinski definition) is 2. The zero-order valence-corrected chi connectivity index (χ0v) is 16.5. The summed E-state index contributed by atoms with van der Waals surface area (Å²) in [6.45, 7) is 0. The monoisotopic (exact) mass is 390 g/mol. The molecule has 0 spiro atoms. The molecule has 0 aliphatic rings. The molecule has 0 unspecified atom stereocenters. The standard InChI is InChI=1S/C22H22N4O3/c1-26(2)19-8-4-17(5-9-19)24-21(27)15-12-16(14-23-13-15)22(28)25-18-6-10-20(29-3)11-7-18/h4-14H,1-3H3,(H,24,27)(H,25,28). The highest BCUT2D eigenvalue weighted by Gasteiger charge is 2.12. The lowest BCUT2D eigenvalue weighted by atomic mass is 10.1. The van der Waals surface area contributed by atoms with Gasteiger partial charge >= 0.3 is 0 Å². The first-order chi connectivity index (χ1) is 14.0. The smallest absolute Gasteiger partial charge is 0.257 e. The summed E-state index contributed by atoms with van der Waals surface area (Å²) in [6, 6.07) is 15.9. The maximum absolute atomic E-state index is 12.5. The topological polar surface area (TPSA) is 83.6 Å². The van der Waals surface area contributed by atoms with Crippen molar-refractivity contribution in [2.75, 3.05) is 36.7 Å². The van der Waals surface area contributed by atoms with E-state index < -0.39 is 0 Å². The van der Waals surface area contributed by atoms with Crippen LogP contribution < -0.4 is 20.3 Å². The average molecular weight is 390 g/mol. The van der Waals surface area contributed by atoms with E-state index in [2.05, 4.69) is 15.6 Å². The number of amides is 2. The summed E-state index contributed by atoms with van der Waals surface area (Å²) < 4.78 is 5.10. The van der Waals surface area contributed by atoms with Gasteiger partial charge in [-0.3, -0.25) is 14.6 Å². The number of anilines is 3. The van der Waals surface area contributed by atoms with Crippen LogP contribution in [-0.2, 0) is 0 Å². The number of methoxy groups -OCH3 is 1. The van der Waals surface area contributed by atoms with Gasteiger partial charge in [0.25, 0.3) is 11.8 Å². The number of rotatable bonds is 6. The van der Waals surface area contributed by atoms with Crippen molar-refractivity contribution in [2.45, 2.75) is 0 Å². The fraction of sp³-hybridized carbons (Fsp3) is 0.136. The van der Waals surface area contributed by atoms with Crippen LogP contribution in [0.15, 0.2) is 67.0 Å². The Morgan fingerprint density at radius 3 is 1.76 bits per heavy atom. The van der Waals surface area contributed by atoms with Crippen LogP contribution in [0.3, 0.4) is 0 Å². The van der Waals surface area contributed by atoms with E-state index >= 15 is 0 Å². The second-order valence-electron chi connectivity index (χ2n) is 6.54. The van der Waals surface area contributed by atoms with Gasteiger partial charge in [0, 0.05) is 43.6 Å². The summed E-state index contributed by atoms with van der Waals surface area (Å²) in [7, 11) is 5.47. The normalized spacial score (nSPS) is 10.2. The molecule has 0 fully saturated rings. The van der Waals surface area contributed by atoms with E-state index in [0.29, 0.717) is 22.7 Å². The molecule has 0 radical (unpaired) electrons. The largest absolute Gasteiger partial charge is 0.497 e. The Hall–Kier alpha value is -3.87. The van der Waals surface area contributed by atoms with E-state index in [-0.39, 0.29) is 17.4 Å². The van der Waals surface area contributed by atoms with Crippen LogP contribution in [0.25, 0.3) is 0 Å². The molecule has 0 atom stereocenters. The van der Waals surface area contributed by atoms with Crippen LogP contribution in [0.5, 0.6) is 5.75 Å². The van der Waals surface area contributed by atoms with E-state index in [1.54, 1.807) is 31.4 Å². The lowest BCUT2D eigenvalue weighted by Gasteiger charge is -2.13. The second-order valence-corrected chi connectivity index (χ2v) is 6.54. The minimum absolute atomic E-state index is 0.288. The molecule has 2 aromatic carbocycles. The number of nitrogens with zero attached hydrogens (tertiary/aromatic N) is 2. The van der Waals surface area contributed by atoms with Gasteiger partial charge < -0.3 is 20.3 Å². The van der Waals surface area contributed by atoms with Crippen molar-refractivity contribution in [3.05, 3.63) is 78.1 Å². The van der Waals surface area contributed by atoms with Crippen LogP contribution in [0.2, 0.25) is 0 Å². The summed E-state index contributed by atoms with van der Waals surface area (Å²) in [6.07, 6.45) is 2.84. The van der Waals surface area contributed by atoms with Gasteiger partial charge in [-0.05, 0) is 54.6 Å². The lowest BCUT2D eigenvalue weighted by Crippen LogP contribution is -2.16. The van der Waals surface area contributed by atoms with Gasteiger partial charge in [-0.15, -0.1) is 0 Å². The lowest BCUT2D eigenvalue weighted by molar-refractivity contribution is 0.102. The van der Waals surface area contributed by atoms with Crippen LogP contribution in [0.4, 0.5) is 17.1 Å². The molecule has 3 rings (SSSR count). The van der Waals surface area contributed by atoms with Gasteiger partial charge in [0.05, 0.1) is 18.2 Å². The molecule has 0 saturated carbocycles. The Kier molecular flexibility index (Phi) is 6.09. The minimum atomic E-state index is -0.354. The minimum Gasteiger partial charge on any atom is -0.497 e. The number of aromatic nitrogens is 1. The Morgan fingerprint density at radius 2 is 1.31 bits per heavy atom. The summed E-state index contributed by atoms with van der Waals surface area (Å²) in [5, 5.41) is 5.58. The molecule has 1 aromatic heterocycles. The molecular formula is C22H22N4O3. The molecule has 3 aromatic rings. The molecule has 0 bridgehead atoms. The van der Waals surface area contributed by atoms with E-state index in [0.717, 1.165) is 5.69 Å². The maximum Gasteiger partial charge on any atom is 0.257 e. The first-order valence-corrected chi connectivity index (χ1v) is 8.95. The number of nitrogens with one attached hydrogen (secondary N) is 2. The van der Waals surface area contributed by atoms with Crippen LogP contribution in [0.1, 0.15) is 20.7 Å². The molecule has 0 aliphatic heterocycles. The highest BCUT2D eigenvalue weighted by atomic mass is 16.5. The number of ether oxygens (including phenoxy) is 1. The number of carbonyl (C=O) groups is 2. The second kappa shape index (κ2) is 8.88. The molecular weight excluding hydrogens is 368 g/mol. The Bertz CT molecular complexity index is 999. The van der Waals surface area contributed by atoms with Gasteiger partial charge in [-0.2, -0.15) is 0 Å². The Morgan fingerprint density at radius 1 is 0.828 bits per heavy atom. The third kappa shape index (κ3) is 5.10. The summed E-state index contributed by atoms with van der Waals surface area (Å²) in [5.74, 6) is 0.00352. The van der Waals surface area contributed by atoms with Crippen molar-refractivity contribution >= 4 is 28.9 Å². The van der Waals surface area contributed by atoms with Crippen molar-refractivity contribution in [2.24, 2.45) is 0 Å².